The molecule has 0 aliphatic carbocycles. The number of anilines is 1. The summed E-state index contributed by atoms with van der Waals surface area (Å²) in [5.74, 6) is 0.159. The van der Waals surface area contributed by atoms with Gasteiger partial charge in [-0.2, -0.15) is 0 Å². The highest BCUT2D eigenvalue weighted by atomic mass is 35.5. The van der Waals surface area contributed by atoms with E-state index < -0.39 is 35.8 Å². The van der Waals surface area contributed by atoms with E-state index in [1.807, 2.05) is 30.3 Å². The standard InChI is InChI=1S/C34H39ClN2O8/c1-7-43-30(38)18-29-32(39)37(20-23-11-13-25(41-5)17-28(23)42-6)27-14-12-24(35)16-26(27)31(44-29)22-10-8-9-21(15-22)19-36-33(40)45-34(2,3)4/h8-17,29,31H,7,18-20H2,1-6H3,(H,36,40). The van der Waals surface area contributed by atoms with E-state index in [0.717, 1.165) is 11.1 Å². The number of rotatable bonds is 10. The van der Waals surface area contributed by atoms with Crippen LogP contribution in [0.1, 0.15) is 62.5 Å². The number of esters is 1. The Morgan fingerprint density at radius 2 is 1.80 bits per heavy atom. The zero-order valence-corrected chi connectivity index (χ0v) is 27.1. The SMILES string of the molecule is CCOC(=O)CC1OC(c2cccc(CNC(=O)OC(C)(C)C)c2)c2cc(Cl)ccc2N(Cc2ccc(OC)cc2OC)C1=O. The van der Waals surface area contributed by atoms with Gasteiger partial charge in [-0.15, -0.1) is 0 Å². The first kappa shape index (κ1) is 33.6. The zero-order chi connectivity index (χ0) is 32.7. The highest BCUT2D eigenvalue weighted by molar-refractivity contribution is 6.30. The summed E-state index contributed by atoms with van der Waals surface area (Å²) in [5.41, 5.74) is 2.76. The molecule has 2 amide bonds. The fraction of sp³-hybridized carbons (Fsp3) is 0.382. The van der Waals surface area contributed by atoms with Gasteiger partial charge >= 0.3 is 12.1 Å². The van der Waals surface area contributed by atoms with Crippen LogP contribution in [0.4, 0.5) is 10.5 Å². The number of nitrogens with one attached hydrogen (secondary N) is 1. The Morgan fingerprint density at radius 1 is 1.02 bits per heavy atom. The van der Waals surface area contributed by atoms with Crippen molar-refractivity contribution in [1.29, 1.82) is 0 Å². The monoisotopic (exact) mass is 638 g/mol. The van der Waals surface area contributed by atoms with Gasteiger partial charge in [-0.05, 0) is 69.2 Å². The van der Waals surface area contributed by atoms with Crippen LogP contribution in [-0.4, -0.2) is 50.5 Å². The Balaban J connectivity index is 1.76. The molecule has 1 N–H and O–H groups in total. The summed E-state index contributed by atoms with van der Waals surface area (Å²) in [4.78, 5) is 40.8. The maximum absolute atomic E-state index is 14.2. The number of nitrogens with zero attached hydrogens (tertiary/aromatic N) is 1. The number of carbonyl (C=O) groups excluding carboxylic acids is 3. The molecule has 0 spiro atoms. The van der Waals surface area contributed by atoms with Crippen LogP contribution in [0, 0.1) is 0 Å². The second-order valence-corrected chi connectivity index (χ2v) is 11.9. The molecule has 4 rings (SSSR count). The van der Waals surface area contributed by atoms with E-state index in [9.17, 15) is 14.4 Å². The molecule has 3 aromatic rings. The second kappa shape index (κ2) is 14.7. The number of hydrogen-bond acceptors (Lipinski definition) is 8. The average molecular weight is 639 g/mol. The smallest absolute Gasteiger partial charge is 0.407 e. The molecule has 0 saturated heterocycles. The maximum atomic E-state index is 14.2. The molecule has 1 heterocycles. The third-order valence-corrected chi connectivity index (χ3v) is 7.21. The molecule has 0 radical (unpaired) electrons. The first-order valence-electron chi connectivity index (χ1n) is 14.6. The summed E-state index contributed by atoms with van der Waals surface area (Å²) in [5, 5.41) is 3.22. The van der Waals surface area contributed by atoms with Crippen molar-refractivity contribution in [3.05, 3.63) is 87.9 Å². The van der Waals surface area contributed by atoms with E-state index in [4.69, 9.17) is 35.3 Å². The lowest BCUT2D eigenvalue weighted by Crippen LogP contribution is -2.40. The Kier molecular flexibility index (Phi) is 11.0. The summed E-state index contributed by atoms with van der Waals surface area (Å²) >= 11 is 6.51. The number of amides is 2. The highest BCUT2D eigenvalue weighted by Gasteiger charge is 2.38. The van der Waals surface area contributed by atoms with Gasteiger partial charge in [-0.3, -0.25) is 9.59 Å². The van der Waals surface area contributed by atoms with Crippen LogP contribution >= 0.6 is 11.6 Å². The van der Waals surface area contributed by atoms with Gasteiger partial charge in [0.1, 0.15) is 29.3 Å². The molecule has 2 atom stereocenters. The number of benzene rings is 3. The summed E-state index contributed by atoms with van der Waals surface area (Å²) < 4.78 is 28.0. The molecule has 11 heteroatoms. The van der Waals surface area contributed by atoms with Gasteiger partial charge in [0.15, 0.2) is 0 Å². The molecular formula is C34H39ClN2O8. The van der Waals surface area contributed by atoms with Gasteiger partial charge < -0.3 is 33.9 Å². The van der Waals surface area contributed by atoms with Crippen molar-refractivity contribution in [2.45, 2.75) is 65.0 Å². The van der Waals surface area contributed by atoms with Gasteiger partial charge in [0.25, 0.3) is 5.91 Å². The molecule has 0 fully saturated rings. The number of fused-ring (bicyclic) bond motifs is 1. The predicted molar refractivity (Wildman–Crippen MR) is 170 cm³/mol. The minimum absolute atomic E-state index is 0.121. The molecule has 1 aliphatic rings. The molecule has 0 aromatic heterocycles. The third-order valence-electron chi connectivity index (χ3n) is 6.97. The Hall–Kier alpha value is -4.28. The van der Waals surface area contributed by atoms with E-state index in [1.54, 1.807) is 77.1 Å². The Bertz CT molecular complexity index is 1540. The van der Waals surface area contributed by atoms with Crippen LogP contribution in [0.2, 0.25) is 5.02 Å². The third kappa shape index (κ3) is 8.67. The molecule has 0 bridgehead atoms. The van der Waals surface area contributed by atoms with E-state index in [-0.39, 0.29) is 26.1 Å². The molecule has 10 nitrogen and oxygen atoms in total. The molecule has 0 saturated carbocycles. The maximum Gasteiger partial charge on any atom is 0.407 e. The van der Waals surface area contributed by atoms with Crippen LogP contribution in [0.3, 0.4) is 0 Å². The molecule has 1 aliphatic heterocycles. The lowest BCUT2D eigenvalue weighted by molar-refractivity contribution is -0.151. The number of ether oxygens (including phenoxy) is 5. The zero-order valence-electron chi connectivity index (χ0n) is 26.3. The Labute approximate surface area is 268 Å². The molecule has 240 valence electrons. The van der Waals surface area contributed by atoms with Gasteiger partial charge in [0.2, 0.25) is 0 Å². The molecule has 2 unspecified atom stereocenters. The minimum Gasteiger partial charge on any atom is -0.497 e. The van der Waals surface area contributed by atoms with Crippen LogP contribution in [0.5, 0.6) is 11.5 Å². The lowest BCUT2D eigenvalue weighted by atomic mass is 9.97. The van der Waals surface area contributed by atoms with Gasteiger partial charge in [-0.25, -0.2) is 4.79 Å². The summed E-state index contributed by atoms with van der Waals surface area (Å²) in [6.07, 6.45) is -2.79. The van der Waals surface area contributed by atoms with Crippen LogP contribution in [-0.2, 0) is 36.9 Å². The average Bonchev–Trinajstić information content (AvgIpc) is 3.10. The largest absolute Gasteiger partial charge is 0.497 e. The number of carbonyl (C=O) groups is 3. The first-order chi connectivity index (χ1) is 21.4. The van der Waals surface area contributed by atoms with Gasteiger partial charge in [0, 0.05) is 28.8 Å². The van der Waals surface area contributed by atoms with Crippen LogP contribution < -0.4 is 19.7 Å². The van der Waals surface area contributed by atoms with E-state index in [0.29, 0.717) is 33.3 Å². The highest BCUT2D eigenvalue weighted by Crippen LogP contribution is 2.41. The van der Waals surface area contributed by atoms with E-state index in [1.165, 1.54) is 0 Å². The molecule has 3 aromatic carbocycles. The van der Waals surface area contributed by atoms with Crippen LogP contribution in [0.15, 0.2) is 60.7 Å². The van der Waals surface area contributed by atoms with Crippen molar-refractivity contribution in [2.24, 2.45) is 0 Å². The van der Waals surface area contributed by atoms with Gasteiger partial charge in [0.05, 0.1) is 39.5 Å². The number of halogens is 1. The second-order valence-electron chi connectivity index (χ2n) is 11.4. The van der Waals surface area contributed by atoms with Crippen molar-refractivity contribution in [3.8, 4) is 11.5 Å². The fourth-order valence-electron chi connectivity index (χ4n) is 5.00. The lowest BCUT2D eigenvalue weighted by Gasteiger charge is -2.26. The normalized spacial score (nSPS) is 16.3. The van der Waals surface area contributed by atoms with Crippen molar-refractivity contribution in [1.82, 2.24) is 5.32 Å². The molecular weight excluding hydrogens is 600 g/mol. The topological polar surface area (TPSA) is 113 Å². The van der Waals surface area contributed by atoms with E-state index in [2.05, 4.69) is 5.32 Å². The predicted octanol–water partition coefficient (Wildman–Crippen LogP) is 6.36. The Morgan fingerprint density at radius 3 is 2.49 bits per heavy atom. The van der Waals surface area contributed by atoms with Gasteiger partial charge in [-0.1, -0.05) is 35.9 Å². The number of alkyl carbamates (subject to hydrolysis) is 1. The minimum atomic E-state index is -1.17. The summed E-state index contributed by atoms with van der Waals surface area (Å²) in [6, 6.07) is 18.0. The van der Waals surface area contributed by atoms with Crippen molar-refractivity contribution < 1.29 is 38.1 Å². The quantitative estimate of drug-likeness (QED) is 0.256. The molecule has 45 heavy (non-hydrogen) atoms. The van der Waals surface area contributed by atoms with Crippen molar-refractivity contribution >= 4 is 35.3 Å². The van der Waals surface area contributed by atoms with E-state index >= 15 is 0 Å². The fourth-order valence-corrected chi connectivity index (χ4v) is 5.19. The van der Waals surface area contributed by atoms with Crippen molar-refractivity contribution in [2.75, 3.05) is 25.7 Å². The number of hydrogen-bond donors (Lipinski definition) is 1. The summed E-state index contributed by atoms with van der Waals surface area (Å²) in [6.45, 7) is 7.57. The van der Waals surface area contributed by atoms with Crippen molar-refractivity contribution in [3.63, 3.8) is 0 Å². The van der Waals surface area contributed by atoms with Crippen LogP contribution in [0.25, 0.3) is 0 Å². The first-order valence-corrected chi connectivity index (χ1v) is 15.0. The summed E-state index contributed by atoms with van der Waals surface area (Å²) in [7, 11) is 3.11. The number of methoxy groups -OCH3 is 2.